The Bertz CT molecular complexity index is 475. The van der Waals surface area contributed by atoms with Crippen LogP contribution in [0.15, 0.2) is 30.3 Å². The van der Waals surface area contributed by atoms with Crippen LogP contribution in [0.5, 0.6) is 0 Å². The van der Waals surface area contributed by atoms with Gasteiger partial charge in [0.1, 0.15) is 0 Å². The van der Waals surface area contributed by atoms with Crippen molar-refractivity contribution in [1.82, 2.24) is 0 Å². The largest absolute Gasteiger partial charge is 0.324 e. The second-order valence-electron chi connectivity index (χ2n) is 7.13. The summed E-state index contributed by atoms with van der Waals surface area (Å²) in [4.78, 5) is 0. The second kappa shape index (κ2) is 4.92. The van der Waals surface area contributed by atoms with Gasteiger partial charge >= 0.3 is 0 Å². The summed E-state index contributed by atoms with van der Waals surface area (Å²) >= 11 is 0. The summed E-state index contributed by atoms with van der Waals surface area (Å²) in [6.07, 6.45) is 12.4. The number of anilines is 1. The molecule has 0 aliphatic heterocycles. The summed E-state index contributed by atoms with van der Waals surface area (Å²) in [5, 5.41) is 0. The molecule has 4 bridgehead atoms. The highest BCUT2D eigenvalue weighted by molar-refractivity contribution is 5.54. The molecule has 0 heterocycles. The Labute approximate surface area is 121 Å². The Morgan fingerprint density at radius 1 is 0.900 bits per heavy atom. The molecule has 0 amide bonds. The minimum Gasteiger partial charge on any atom is -0.324 e. The fraction of sp³-hybridized carbons (Fsp3) is 0.556. The van der Waals surface area contributed by atoms with Gasteiger partial charge in [0.2, 0.25) is 0 Å². The fourth-order valence-corrected chi connectivity index (χ4v) is 5.19. The van der Waals surface area contributed by atoms with Gasteiger partial charge in [0.15, 0.2) is 0 Å². The van der Waals surface area contributed by atoms with E-state index in [2.05, 4.69) is 29.7 Å². The van der Waals surface area contributed by atoms with Gasteiger partial charge in [-0.25, -0.2) is 0 Å². The molecular formula is C18H24N2. The first-order valence-corrected chi connectivity index (χ1v) is 8.06. The maximum atomic E-state index is 5.40. The van der Waals surface area contributed by atoms with Gasteiger partial charge in [-0.2, -0.15) is 0 Å². The van der Waals surface area contributed by atoms with Crippen LogP contribution in [0.4, 0.5) is 5.69 Å². The van der Waals surface area contributed by atoms with E-state index in [0.29, 0.717) is 0 Å². The van der Waals surface area contributed by atoms with Crippen molar-refractivity contribution in [3.63, 3.8) is 0 Å². The zero-order valence-electron chi connectivity index (χ0n) is 12.0. The Kier molecular flexibility index (Phi) is 3.07. The molecule has 0 unspecified atom stereocenters. The smallest absolute Gasteiger partial charge is 0.0485 e. The first-order chi connectivity index (χ1) is 9.81. The lowest BCUT2D eigenvalue weighted by atomic mass is 9.52. The molecule has 3 N–H and O–H groups in total. The van der Waals surface area contributed by atoms with Crippen molar-refractivity contribution in [2.45, 2.75) is 32.1 Å². The Balaban J connectivity index is 1.49. The molecule has 4 aliphatic carbocycles. The molecule has 4 aliphatic rings. The standard InChI is InChI=1S/C18H24N2/c19-20-17-4-1-12(2-5-17)3-6-18-15-8-13-7-14(10-15)11-16(18)9-13/h1-6,13-16,18,20H,7-11,19H2/b6-3+. The molecule has 2 nitrogen and oxygen atoms in total. The first-order valence-electron chi connectivity index (χ1n) is 8.06. The van der Waals surface area contributed by atoms with Crippen molar-refractivity contribution in [3.05, 3.63) is 35.9 Å². The zero-order chi connectivity index (χ0) is 13.5. The van der Waals surface area contributed by atoms with Crippen molar-refractivity contribution in [1.29, 1.82) is 0 Å². The van der Waals surface area contributed by atoms with Crippen molar-refractivity contribution >= 4 is 11.8 Å². The minimum atomic E-state index is 0.843. The monoisotopic (exact) mass is 268 g/mol. The van der Waals surface area contributed by atoms with E-state index in [1.54, 1.807) is 0 Å². The van der Waals surface area contributed by atoms with Crippen LogP contribution in [0.25, 0.3) is 6.08 Å². The van der Waals surface area contributed by atoms with Crippen molar-refractivity contribution in [3.8, 4) is 0 Å². The number of benzene rings is 1. The highest BCUT2D eigenvalue weighted by Gasteiger charge is 2.46. The van der Waals surface area contributed by atoms with E-state index in [-0.39, 0.29) is 0 Å². The molecule has 20 heavy (non-hydrogen) atoms. The quantitative estimate of drug-likeness (QED) is 0.641. The number of hydrazine groups is 1. The highest BCUT2D eigenvalue weighted by atomic mass is 15.2. The fourth-order valence-electron chi connectivity index (χ4n) is 5.19. The van der Waals surface area contributed by atoms with Crippen LogP contribution in [-0.4, -0.2) is 0 Å². The van der Waals surface area contributed by atoms with Gasteiger partial charge in [-0.05, 0) is 79.4 Å². The number of rotatable bonds is 3. The van der Waals surface area contributed by atoms with E-state index < -0.39 is 0 Å². The summed E-state index contributed by atoms with van der Waals surface area (Å²) < 4.78 is 0. The maximum absolute atomic E-state index is 5.40. The SMILES string of the molecule is NNc1ccc(/C=C/C2C3CC4CC(C3)CC2C4)cc1. The van der Waals surface area contributed by atoms with E-state index in [1.807, 2.05) is 12.1 Å². The molecule has 2 heteroatoms. The van der Waals surface area contributed by atoms with Crippen LogP contribution in [0.1, 0.15) is 37.7 Å². The topological polar surface area (TPSA) is 38.0 Å². The minimum absolute atomic E-state index is 0.843. The van der Waals surface area contributed by atoms with Crippen LogP contribution >= 0.6 is 0 Å². The van der Waals surface area contributed by atoms with E-state index in [0.717, 1.165) is 35.3 Å². The molecule has 1 aromatic carbocycles. The van der Waals surface area contributed by atoms with Gasteiger partial charge in [0.25, 0.3) is 0 Å². The van der Waals surface area contributed by atoms with Gasteiger partial charge in [-0.15, -0.1) is 0 Å². The lowest BCUT2D eigenvalue weighted by Crippen LogP contribution is -2.44. The second-order valence-corrected chi connectivity index (χ2v) is 7.13. The average molecular weight is 268 g/mol. The lowest BCUT2D eigenvalue weighted by Gasteiger charge is -2.53. The number of hydrogen-bond acceptors (Lipinski definition) is 2. The Morgan fingerprint density at radius 2 is 1.50 bits per heavy atom. The number of nitrogens with one attached hydrogen (secondary N) is 1. The molecule has 0 aromatic heterocycles. The van der Waals surface area contributed by atoms with Crippen LogP contribution in [-0.2, 0) is 0 Å². The molecular weight excluding hydrogens is 244 g/mol. The van der Waals surface area contributed by atoms with Crippen molar-refractivity contribution in [2.24, 2.45) is 35.4 Å². The number of hydrogen-bond donors (Lipinski definition) is 2. The number of nitrogen functional groups attached to an aromatic ring is 1. The van der Waals surface area contributed by atoms with Crippen molar-refractivity contribution in [2.75, 3.05) is 5.43 Å². The van der Waals surface area contributed by atoms with E-state index in [1.165, 1.54) is 37.7 Å². The maximum Gasteiger partial charge on any atom is 0.0485 e. The molecule has 0 spiro atoms. The van der Waals surface area contributed by atoms with Gasteiger partial charge in [-0.1, -0.05) is 24.3 Å². The summed E-state index contributed by atoms with van der Waals surface area (Å²) in [7, 11) is 0. The van der Waals surface area contributed by atoms with Crippen LogP contribution < -0.4 is 11.3 Å². The van der Waals surface area contributed by atoms with Gasteiger partial charge in [0, 0.05) is 5.69 Å². The summed E-state index contributed by atoms with van der Waals surface area (Å²) in [5.74, 6) is 10.3. The number of nitrogens with two attached hydrogens (primary N) is 1. The molecule has 106 valence electrons. The first kappa shape index (κ1) is 12.5. The van der Waals surface area contributed by atoms with E-state index in [4.69, 9.17) is 5.84 Å². The molecule has 0 atom stereocenters. The normalized spacial score (nSPS) is 38.5. The third-order valence-corrected chi connectivity index (χ3v) is 5.89. The van der Waals surface area contributed by atoms with Gasteiger partial charge < -0.3 is 5.43 Å². The van der Waals surface area contributed by atoms with Crippen molar-refractivity contribution < 1.29 is 0 Å². The predicted molar refractivity (Wildman–Crippen MR) is 83.8 cm³/mol. The molecule has 0 saturated heterocycles. The van der Waals surface area contributed by atoms with Crippen LogP contribution in [0, 0.1) is 29.6 Å². The Morgan fingerprint density at radius 3 is 2.05 bits per heavy atom. The highest BCUT2D eigenvalue weighted by Crippen LogP contribution is 2.56. The van der Waals surface area contributed by atoms with Crippen LogP contribution in [0.2, 0.25) is 0 Å². The summed E-state index contributed by atoms with van der Waals surface area (Å²) in [6.45, 7) is 0. The van der Waals surface area contributed by atoms with Crippen LogP contribution in [0.3, 0.4) is 0 Å². The van der Waals surface area contributed by atoms with Gasteiger partial charge in [-0.3, -0.25) is 5.84 Å². The average Bonchev–Trinajstić information content (AvgIpc) is 2.46. The Hall–Kier alpha value is -1.28. The molecule has 1 aromatic rings. The lowest BCUT2D eigenvalue weighted by molar-refractivity contribution is -0.0158. The molecule has 5 rings (SSSR count). The molecule has 4 fully saturated rings. The van der Waals surface area contributed by atoms with E-state index >= 15 is 0 Å². The van der Waals surface area contributed by atoms with Gasteiger partial charge in [0.05, 0.1) is 0 Å². The van der Waals surface area contributed by atoms with E-state index in [9.17, 15) is 0 Å². The summed E-state index contributed by atoms with van der Waals surface area (Å²) in [5.41, 5.74) is 4.94. The molecule has 0 radical (unpaired) electrons. The third-order valence-electron chi connectivity index (χ3n) is 5.89. The zero-order valence-corrected chi connectivity index (χ0v) is 12.0. The number of allylic oxidation sites excluding steroid dienone is 1. The third kappa shape index (κ3) is 2.16. The molecule has 4 saturated carbocycles. The summed E-state index contributed by atoms with van der Waals surface area (Å²) in [6, 6.07) is 8.36. The predicted octanol–water partition coefficient (Wildman–Crippen LogP) is 4.06.